The summed E-state index contributed by atoms with van der Waals surface area (Å²) in [4.78, 5) is 47.3. The molecule has 0 radical (unpaired) electrons. The second-order valence-electron chi connectivity index (χ2n) is 6.40. The number of rotatable bonds is 6. The van der Waals surface area contributed by atoms with Gasteiger partial charge < -0.3 is 5.32 Å². The van der Waals surface area contributed by atoms with Crippen LogP contribution in [0.2, 0.25) is 0 Å². The van der Waals surface area contributed by atoms with Gasteiger partial charge in [-0.1, -0.05) is 18.2 Å². The number of carbonyl (C=O) groups excluding carboxylic acids is 4. The maximum absolute atomic E-state index is 12.1. The topological polar surface area (TPSA) is 80.3 Å². The maximum Gasteiger partial charge on any atom is 0.224 e. The van der Waals surface area contributed by atoms with Crippen LogP contribution in [-0.2, 0) is 19.2 Å². The molecule has 0 aliphatic heterocycles. The Morgan fingerprint density at radius 1 is 1.08 bits per heavy atom. The van der Waals surface area contributed by atoms with Crippen molar-refractivity contribution < 1.29 is 19.2 Å². The monoisotopic (exact) mass is 329 g/mol. The molecule has 1 N–H and O–H groups in total. The average Bonchev–Trinajstić information content (AvgIpc) is 2.53. The number of nitrogens with one attached hydrogen (secondary N) is 1. The first-order valence-corrected chi connectivity index (χ1v) is 8.31. The van der Waals surface area contributed by atoms with Crippen LogP contribution in [0.4, 0.5) is 5.69 Å². The van der Waals surface area contributed by atoms with Crippen molar-refractivity contribution in [2.45, 2.75) is 52.4 Å². The van der Waals surface area contributed by atoms with Gasteiger partial charge in [0.05, 0.1) is 5.92 Å². The summed E-state index contributed by atoms with van der Waals surface area (Å²) in [5.74, 6) is -1.31. The van der Waals surface area contributed by atoms with Crippen molar-refractivity contribution in [3.05, 3.63) is 29.3 Å². The predicted molar refractivity (Wildman–Crippen MR) is 90.8 cm³/mol. The quantitative estimate of drug-likeness (QED) is 0.814. The summed E-state index contributed by atoms with van der Waals surface area (Å²) in [5.41, 5.74) is 2.79. The van der Waals surface area contributed by atoms with Crippen molar-refractivity contribution >= 4 is 28.9 Å². The fourth-order valence-electron chi connectivity index (χ4n) is 2.98. The highest BCUT2D eigenvalue weighted by atomic mass is 16.2. The molecule has 1 atom stereocenters. The van der Waals surface area contributed by atoms with E-state index in [4.69, 9.17) is 0 Å². The minimum atomic E-state index is -0.784. The average molecular weight is 329 g/mol. The van der Waals surface area contributed by atoms with Gasteiger partial charge in [0.25, 0.3) is 0 Å². The minimum Gasteiger partial charge on any atom is -0.326 e. The van der Waals surface area contributed by atoms with Crippen LogP contribution >= 0.6 is 0 Å². The van der Waals surface area contributed by atoms with E-state index in [9.17, 15) is 19.2 Å². The van der Waals surface area contributed by atoms with Crippen molar-refractivity contribution in [3.63, 3.8) is 0 Å². The third-order valence-electron chi connectivity index (χ3n) is 4.43. The highest BCUT2D eigenvalue weighted by Gasteiger charge is 2.32. The van der Waals surface area contributed by atoms with Gasteiger partial charge in [-0.25, -0.2) is 0 Å². The lowest BCUT2D eigenvalue weighted by Gasteiger charge is -2.18. The first-order valence-electron chi connectivity index (χ1n) is 8.31. The molecule has 1 aliphatic carbocycles. The molecule has 2 rings (SSSR count). The van der Waals surface area contributed by atoms with Crippen LogP contribution in [0.25, 0.3) is 0 Å². The summed E-state index contributed by atoms with van der Waals surface area (Å²) in [6, 6.07) is 5.79. The molecule has 0 bridgehead atoms. The largest absolute Gasteiger partial charge is 0.326 e. The number of aryl methyl sites for hydroxylation is 2. The zero-order valence-corrected chi connectivity index (χ0v) is 14.2. The molecule has 5 nitrogen and oxygen atoms in total. The lowest BCUT2D eigenvalue weighted by atomic mass is 9.83. The van der Waals surface area contributed by atoms with Crippen LogP contribution in [0, 0.1) is 19.8 Å². The Labute approximate surface area is 141 Å². The fraction of sp³-hybridized carbons (Fsp3) is 0.474. The molecule has 1 amide bonds. The van der Waals surface area contributed by atoms with Crippen LogP contribution < -0.4 is 5.32 Å². The van der Waals surface area contributed by atoms with Crippen molar-refractivity contribution in [1.82, 2.24) is 0 Å². The number of anilines is 1. The molecule has 5 heteroatoms. The standard InChI is InChI=1S/C19H23NO4/c1-12-5-3-6-13(2)19(12)20-18(24)8-4-7-16(22)15-11-14(21)9-10-17(15)23/h3,5-6,15H,4,7-11H2,1-2H3,(H,20,24)/t15-/m0/s1. The fourth-order valence-corrected chi connectivity index (χ4v) is 2.98. The number of ketones is 3. The van der Waals surface area contributed by atoms with Crippen LogP contribution in [0.15, 0.2) is 18.2 Å². The van der Waals surface area contributed by atoms with Gasteiger partial charge in [0, 0.05) is 37.8 Å². The molecule has 0 aromatic heterocycles. The predicted octanol–water partition coefficient (Wildman–Crippen LogP) is 2.92. The van der Waals surface area contributed by atoms with Gasteiger partial charge >= 0.3 is 0 Å². The summed E-state index contributed by atoms with van der Waals surface area (Å²) in [6.45, 7) is 3.86. The second-order valence-corrected chi connectivity index (χ2v) is 6.40. The van der Waals surface area contributed by atoms with E-state index in [1.807, 2.05) is 32.0 Å². The molecule has 1 aliphatic rings. The van der Waals surface area contributed by atoms with Gasteiger partial charge in [-0.15, -0.1) is 0 Å². The van der Waals surface area contributed by atoms with Crippen LogP contribution in [-0.4, -0.2) is 23.3 Å². The molecule has 24 heavy (non-hydrogen) atoms. The van der Waals surface area contributed by atoms with Gasteiger partial charge in [-0.05, 0) is 31.4 Å². The summed E-state index contributed by atoms with van der Waals surface area (Å²) in [5, 5.41) is 2.88. The van der Waals surface area contributed by atoms with Gasteiger partial charge in [-0.3, -0.25) is 19.2 Å². The normalized spacial score (nSPS) is 17.7. The van der Waals surface area contributed by atoms with E-state index in [1.54, 1.807) is 0 Å². The summed E-state index contributed by atoms with van der Waals surface area (Å²) >= 11 is 0. The Morgan fingerprint density at radius 2 is 1.75 bits per heavy atom. The molecule has 0 spiro atoms. The summed E-state index contributed by atoms with van der Waals surface area (Å²) in [7, 11) is 0. The Morgan fingerprint density at radius 3 is 2.42 bits per heavy atom. The molecule has 0 saturated heterocycles. The zero-order valence-electron chi connectivity index (χ0n) is 14.2. The lowest BCUT2D eigenvalue weighted by Crippen LogP contribution is -2.31. The molecular formula is C19H23NO4. The molecule has 0 unspecified atom stereocenters. The van der Waals surface area contributed by atoms with Crippen LogP contribution in [0.5, 0.6) is 0 Å². The van der Waals surface area contributed by atoms with Gasteiger partial charge in [0.1, 0.15) is 17.3 Å². The van der Waals surface area contributed by atoms with Gasteiger partial charge in [-0.2, -0.15) is 0 Å². The van der Waals surface area contributed by atoms with E-state index >= 15 is 0 Å². The van der Waals surface area contributed by atoms with E-state index in [-0.39, 0.29) is 55.4 Å². The summed E-state index contributed by atoms with van der Waals surface area (Å²) < 4.78 is 0. The molecule has 1 aromatic rings. The van der Waals surface area contributed by atoms with Crippen molar-refractivity contribution in [1.29, 1.82) is 0 Å². The minimum absolute atomic E-state index is 0.0271. The van der Waals surface area contributed by atoms with Crippen molar-refractivity contribution in [2.24, 2.45) is 5.92 Å². The molecule has 128 valence electrons. The third-order valence-corrected chi connectivity index (χ3v) is 4.43. The number of hydrogen-bond acceptors (Lipinski definition) is 4. The number of para-hydroxylation sites is 1. The van der Waals surface area contributed by atoms with Gasteiger partial charge in [0.15, 0.2) is 0 Å². The Kier molecular flexibility index (Phi) is 6.01. The maximum atomic E-state index is 12.1. The first-order chi connectivity index (χ1) is 11.4. The number of amides is 1. The van der Waals surface area contributed by atoms with E-state index in [0.29, 0.717) is 6.42 Å². The smallest absolute Gasteiger partial charge is 0.224 e. The molecule has 1 saturated carbocycles. The number of Topliss-reactive ketones (excluding diaryl/α,β-unsaturated/α-hetero) is 3. The van der Waals surface area contributed by atoms with Crippen molar-refractivity contribution in [2.75, 3.05) is 5.32 Å². The number of carbonyl (C=O) groups is 4. The Hall–Kier alpha value is -2.30. The molecule has 1 aromatic carbocycles. The number of hydrogen-bond donors (Lipinski definition) is 1. The van der Waals surface area contributed by atoms with E-state index in [0.717, 1.165) is 16.8 Å². The van der Waals surface area contributed by atoms with Crippen LogP contribution in [0.1, 0.15) is 49.7 Å². The first kappa shape index (κ1) is 18.0. The second kappa shape index (κ2) is 7.99. The van der Waals surface area contributed by atoms with E-state index in [1.165, 1.54) is 0 Å². The Balaban J connectivity index is 1.81. The highest BCUT2D eigenvalue weighted by Crippen LogP contribution is 2.22. The summed E-state index contributed by atoms with van der Waals surface area (Å²) in [6.07, 6.45) is 1.21. The Bertz CT molecular complexity index is 658. The SMILES string of the molecule is Cc1cccc(C)c1NC(=O)CCCC(=O)[C@@H]1CC(=O)CCC1=O. The van der Waals surface area contributed by atoms with Crippen molar-refractivity contribution in [3.8, 4) is 0 Å². The third kappa shape index (κ3) is 4.60. The lowest BCUT2D eigenvalue weighted by molar-refractivity contribution is -0.139. The highest BCUT2D eigenvalue weighted by molar-refractivity contribution is 6.08. The van der Waals surface area contributed by atoms with Gasteiger partial charge in [0.2, 0.25) is 5.91 Å². The number of benzene rings is 1. The van der Waals surface area contributed by atoms with E-state index < -0.39 is 5.92 Å². The zero-order chi connectivity index (χ0) is 17.7. The van der Waals surface area contributed by atoms with Crippen LogP contribution in [0.3, 0.4) is 0 Å². The molecule has 1 fully saturated rings. The molecule has 0 heterocycles. The van der Waals surface area contributed by atoms with E-state index in [2.05, 4.69) is 5.32 Å². The molecular weight excluding hydrogens is 306 g/mol.